The first-order valence-electron chi connectivity index (χ1n) is 18.0. The summed E-state index contributed by atoms with van der Waals surface area (Å²) in [6, 6.07) is 60.5. The zero-order valence-electron chi connectivity index (χ0n) is 28.9. The normalized spacial score (nSPS) is 11.7. The summed E-state index contributed by atoms with van der Waals surface area (Å²) in [5, 5.41) is 6.74. The number of aromatic nitrogens is 3. The summed E-state index contributed by atoms with van der Waals surface area (Å²) in [5.74, 6) is 1.85. The summed E-state index contributed by atoms with van der Waals surface area (Å²) in [6.45, 7) is 0. The fourth-order valence-corrected chi connectivity index (χ4v) is 7.72. The highest BCUT2D eigenvalue weighted by atomic mass is 16.3. The fourth-order valence-electron chi connectivity index (χ4n) is 7.72. The van der Waals surface area contributed by atoms with Crippen molar-refractivity contribution in [2.24, 2.45) is 0 Å². The summed E-state index contributed by atoms with van der Waals surface area (Å²) < 4.78 is 12.4. The van der Waals surface area contributed by atoms with Gasteiger partial charge in [0, 0.05) is 38.2 Å². The number of fused-ring (bicyclic) bond motifs is 7. The summed E-state index contributed by atoms with van der Waals surface area (Å²) in [5.41, 5.74) is 10.7. The van der Waals surface area contributed by atoms with E-state index in [0.717, 1.165) is 88.2 Å². The zero-order valence-corrected chi connectivity index (χ0v) is 28.9. The number of rotatable bonds is 5. The van der Waals surface area contributed by atoms with Crippen molar-refractivity contribution in [3.63, 3.8) is 0 Å². The average molecular weight is 692 g/mol. The van der Waals surface area contributed by atoms with E-state index in [-0.39, 0.29) is 0 Å². The van der Waals surface area contributed by atoms with Crippen molar-refractivity contribution in [1.82, 2.24) is 15.0 Å². The van der Waals surface area contributed by atoms with Crippen LogP contribution in [0.25, 0.3) is 111 Å². The minimum absolute atomic E-state index is 0.611. The van der Waals surface area contributed by atoms with Crippen LogP contribution in [0.5, 0.6) is 0 Å². The maximum Gasteiger partial charge on any atom is 0.164 e. The molecule has 5 nitrogen and oxygen atoms in total. The lowest BCUT2D eigenvalue weighted by molar-refractivity contribution is 0.668. The Bertz CT molecular complexity index is 3040. The average Bonchev–Trinajstić information content (AvgIpc) is 3.82. The molecule has 0 radical (unpaired) electrons. The lowest BCUT2D eigenvalue weighted by atomic mass is 9.98. The van der Waals surface area contributed by atoms with E-state index in [4.69, 9.17) is 23.8 Å². The summed E-state index contributed by atoms with van der Waals surface area (Å²) in [4.78, 5) is 15.2. The molecule has 5 heteroatoms. The van der Waals surface area contributed by atoms with Gasteiger partial charge < -0.3 is 8.83 Å². The monoisotopic (exact) mass is 691 g/mol. The van der Waals surface area contributed by atoms with Gasteiger partial charge in [-0.2, -0.15) is 0 Å². The number of para-hydroxylation sites is 2. The number of nitrogens with zero attached hydrogens (tertiary/aromatic N) is 3. The first-order valence-corrected chi connectivity index (χ1v) is 18.0. The lowest BCUT2D eigenvalue weighted by Gasteiger charge is -2.11. The van der Waals surface area contributed by atoms with Gasteiger partial charge >= 0.3 is 0 Å². The smallest absolute Gasteiger partial charge is 0.164 e. The molecule has 0 bridgehead atoms. The van der Waals surface area contributed by atoms with Crippen molar-refractivity contribution in [3.8, 4) is 56.4 Å². The molecule has 0 amide bonds. The molecular formula is C49H29N3O2. The first kappa shape index (κ1) is 30.3. The van der Waals surface area contributed by atoms with Crippen molar-refractivity contribution < 1.29 is 8.83 Å². The van der Waals surface area contributed by atoms with Crippen LogP contribution in [0.15, 0.2) is 185 Å². The van der Waals surface area contributed by atoms with E-state index in [1.54, 1.807) is 0 Å². The third-order valence-corrected chi connectivity index (χ3v) is 10.4. The minimum atomic E-state index is 0.611. The minimum Gasteiger partial charge on any atom is -0.456 e. The van der Waals surface area contributed by atoms with Crippen LogP contribution >= 0.6 is 0 Å². The summed E-state index contributed by atoms with van der Waals surface area (Å²) >= 11 is 0. The zero-order chi connectivity index (χ0) is 35.6. The second-order valence-corrected chi connectivity index (χ2v) is 13.6. The van der Waals surface area contributed by atoms with Gasteiger partial charge in [0.2, 0.25) is 0 Å². The predicted octanol–water partition coefficient (Wildman–Crippen LogP) is 13.2. The topological polar surface area (TPSA) is 65.0 Å². The lowest BCUT2D eigenvalue weighted by Crippen LogP contribution is -2.00. The van der Waals surface area contributed by atoms with Gasteiger partial charge in [-0.3, -0.25) is 0 Å². The Labute approximate surface area is 309 Å². The highest BCUT2D eigenvalue weighted by molar-refractivity contribution is 6.13. The van der Waals surface area contributed by atoms with Crippen molar-refractivity contribution in [2.45, 2.75) is 0 Å². The van der Waals surface area contributed by atoms with Crippen LogP contribution in [0.2, 0.25) is 0 Å². The van der Waals surface area contributed by atoms with Crippen LogP contribution in [0.1, 0.15) is 0 Å². The molecule has 54 heavy (non-hydrogen) atoms. The van der Waals surface area contributed by atoms with Crippen molar-refractivity contribution >= 4 is 54.6 Å². The Balaban J connectivity index is 1.02. The highest BCUT2D eigenvalue weighted by Gasteiger charge is 2.17. The second kappa shape index (κ2) is 12.1. The molecule has 252 valence electrons. The molecular weight excluding hydrogens is 663 g/mol. The second-order valence-electron chi connectivity index (χ2n) is 13.6. The van der Waals surface area contributed by atoms with E-state index >= 15 is 0 Å². The SMILES string of the molecule is c1ccc2cc(-c3nc(-c4ccc(-c5cccc6oc7ccccc7c56)cc4)nc(-c4ccc(-c5cccc6oc7ccccc7c56)cc4)n3)ccc2c1. The van der Waals surface area contributed by atoms with E-state index in [2.05, 4.69) is 127 Å². The molecule has 3 heterocycles. The van der Waals surface area contributed by atoms with E-state index < -0.39 is 0 Å². The van der Waals surface area contributed by atoms with Gasteiger partial charge in [0.15, 0.2) is 17.5 Å². The molecule has 0 aliphatic rings. The molecule has 0 aliphatic heterocycles. The van der Waals surface area contributed by atoms with Crippen LogP contribution in [-0.4, -0.2) is 15.0 Å². The largest absolute Gasteiger partial charge is 0.456 e. The van der Waals surface area contributed by atoms with Gasteiger partial charge in [-0.15, -0.1) is 0 Å². The molecule has 0 saturated carbocycles. The Hall–Kier alpha value is -7.37. The molecule has 0 aliphatic carbocycles. The summed E-state index contributed by atoms with van der Waals surface area (Å²) in [7, 11) is 0. The number of benzene rings is 8. The Morgan fingerprint density at radius 1 is 0.296 bits per heavy atom. The van der Waals surface area contributed by atoms with Gasteiger partial charge in [0.05, 0.1) is 0 Å². The van der Waals surface area contributed by atoms with E-state index in [1.165, 1.54) is 5.39 Å². The molecule has 11 aromatic rings. The molecule has 0 N–H and O–H groups in total. The molecule has 8 aromatic carbocycles. The molecule has 11 rings (SSSR count). The van der Waals surface area contributed by atoms with Crippen molar-refractivity contribution in [2.75, 3.05) is 0 Å². The van der Waals surface area contributed by atoms with E-state index in [0.29, 0.717) is 17.5 Å². The van der Waals surface area contributed by atoms with Crippen LogP contribution < -0.4 is 0 Å². The van der Waals surface area contributed by atoms with Crippen LogP contribution in [0, 0.1) is 0 Å². The van der Waals surface area contributed by atoms with E-state index in [9.17, 15) is 0 Å². The van der Waals surface area contributed by atoms with Gasteiger partial charge in [-0.25, -0.2) is 15.0 Å². The fraction of sp³-hybridized carbons (Fsp3) is 0. The maximum absolute atomic E-state index is 6.18. The van der Waals surface area contributed by atoms with Gasteiger partial charge in [0.25, 0.3) is 0 Å². The molecule has 0 unspecified atom stereocenters. The Morgan fingerprint density at radius 2 is 0.704 bits per heavy atom. The molecule has 0 spiro atoms. The molecule has 0 atom stereocenters. The first-order chi connectivity index (χ1) is 26.7. The highest BCUT2D eigenvalue weighted by Crippen LogP contribution is 2.39. The van der Waals surface area contributed by atoms with Gasteiger partial charge in [-0.1, -0.05) is 146 Å². The van der Waals surface area contributed by atoms with Crippen LogP contribution in [0.3, 0.4) is 0 Å². The molecule has 0 saturated heterocycles. The quantitative estimate of drug-likeness (QED) is 0.180. The van der Waals surface area contributed by atoms with Gasteiger partial charge in [0.1, 0.15) is 22.3 Å². The van der Waals surface area contributed by atoms with Crippen LogP contribution in [-0.2, 0) is 0 Å². The molecule has 0 fully saturated rings. The maximum atomic E-state index is 6.18. The van der Waals surface area contributed by atoms with Crippen molar-refractivity contribution in [3.05, 3.63) is 176 Å². The number of furan rings is 2. The number of hydrogen-bond donors (Lipinski definition) is 0. The van der Waals surface area contributed by atoms with Crippen LogP contribution in [0.4, 0.5) is 0 Å². The van der Waals surface area contributed by atoms with Crippen molar-refractivity contribution in [1.29, 1.82) is 0 Å². The Morgan fingerprint density at radius 3 is 1.24 bits per heavy atom. The standard InChI is InChI=1S/C49H29N3O2/c1-2-10-35-29-36(28-19-30(35)9-1)49-51-47(33-24-20-31(21-25-33)37-13-7-17-43-45(37)39-11-3-5-15-41(39)53-43)50-48(52-49)34-26-22-32(23-27-34)38-14-8-18-44-46(38)40-12-4-6-16-42(40)54-44/h1-29H. The summed E-state index contributed by atoms with van der Waals surface area (Å²) in [6.07, 6.45) is 0. The Kier molecular flexibility index (Phi) is 6.79. The number of hydrogen-bond acceptors (Lipinski definition) is 5. The molecule has 3 aromatic heterocycles. The van der Waals surface area contributed by atoms with E-state index in [1.807, 2.05) is 48.5 Å². The van der Waals surface area contributed by atoms with Gasteiger partial charge in [-0.05, 0) is 63.4 Å². The third-order valence-electron chi connectivity index (χ3n) is 10.4. The predicted molar refractivity (Wildman–Crippen MR) is 219 cm³/mol. The third kappa shape index (κ3) is 4.98.